The summed E-state index contributed by atoms with van der Waals surface area (Å²) in [6, 6.07) is 9.07. The van der Waals surface area contributed by atoms with Crippen LogP contribution in [0.4, 0.5) is 5.69 Å². The van der Waals surface area contributed by atoms with E-state index >= 15 is 0 Å². The van der Waals surface area contributed by atoms with Crippen molar-refractivity contribution in [3.8, 4) is 17.2 Å². The molecule has 0 bridgehead atoms. The highest BCUT2D eigenvalue weighted by molar-refractivity contribution is 5.63. The highest BCUT2D eigenvalue weighted by atomic mass is 16.5. The predicted octanol–water partition coefficient (Wildman–Crippen LogP) is 2.85. The third-order valence-electron chi connectivity index (χ3n) is 2.19. The Hall–Kier alpha value is -2.23. The Morgan fingerprint density at radius 3 is 2.71 bits per heavy atom. The summed E-state index contributed by atoms with van der Waals surface area (Å²) in [5.74, 6) is 1.85. The first kappa shape index (κ1) is 11.3. The molecule has 0 aliphatic rings. The van der Waals surface area contributed by atoms with Crippen LogP contribution >= 0.6 is 0 Å². The second-order valence-electron chi connectivity index (χ2n) is 3.39. The molecule has 0 radical (unpaired) electrons. The van der Waals surface area contributed by atoms with Crippen LogP contribution in [0.15, 0.2) is 42.7 Å². The minimum atomic E-state index is 0.498. The Balaban J connectivity index is 2.24. The van der Waals surface area contributed by atoms with E-state index < -0.39 is 0 Å². The van der Waals surface area contributed by atoms with Crippen molar-refractivity contribution in [3.63, 3.8) is 0 Å². The van der Waals surface area contributed by atoms with Gasteiger partial charge in [-0.2, -0.15) is 0 Å². The van der Waals surface area contributed by atoms with E-state index in [1.165, 1.54) is 0 Å². The first-order chi connectivity index (χ1) is 8.31. The standard InChI is InChI=1S/C13H14N2O2/c1-2-16-11-6-3-7-12(13(11)14)17-10-5-4-8-15-9-10/h3-9H,2,14H2,1H3. The number of nitrogens with two attached hydrogens (primary N) is 1. The molecule has 2 N–H and O–H groups in total. The van der Waals surface area contributed by atoms with Gasteiger partial charge in [0.15, 0.2) is 5.75 Å². The van der Waals surface area contributed by atoms with Crippen LogP contribution in [0.25, 0.3) is 0 Å². The van der Waals surface area contributed by atoms with Gasteiger partial charge in [-0.05, 0) is 31.2 Å². The van der Waals surface area contributed by atoms with Crippen LogP contribution in [0.2, 0.25) is 0 Å². The molecule has 0 saturated carbocycles. The van der Waals surface area contributed by atoms with E-state index in [2.05, 4.69) is 4.98 Å². The van der Waals surface area contributed by atoms with Crippen molar-refractivity contribution in [1.29, 1.82) is 0 Å². The number of para-hydroxylation sites is 1. The fourth-order valence-electron chi connectivity index (χ4n) is 1.43. The predicted molar refractivity (Wildman–Crippen MR) is 66.3 cm³/mol. The SMILES string of the molecule is CCOc1cccc(Oc2cccnc2)c1N. The van der Waals surface area contributed by atoms with Crippen molar-refractivity contribution in [2.75, 3.05) is 12.3 Å². The smallest absolute Gasteiger partial charge is 0.154 e. The van der Waals surface area contributed by atoms with E-state index in [0.717, 1.165) is 0 Å². The Bertz CT molecular complexity index is 486. The normalized spacial score (nSPS) is 9.94. The van der Waals surface area contributed by atoms with Gasteiger partial charge in [-0.25, -0.2) is 0 Å². The molecule has 17 heavy (non-hydrogen) atoms. The number of nitrogen functional groups attached to an aromatic ring is 1. The Labute approximate surface area is 100 Å². The molecule has 4 nitrogen and oxygen atoms in total. The lowest BCUT2D eigenvalue weighted by atomic mass is 10.2. The Morgan fingerprint density at radius 2 is 2.00 bits per heavy atom. The first-order valence-corrected chi connectivity index (χ1v) is 5.40. The number of nitrogens with zero attached hydrogens (tertiary/aromatic N) is 1. The van der Waals surface area contributed by atoms with Crippen LogP contribution in [0, 0.1) is 0 Å². The summed E-state index contributed by atoms with van der Waals surface area (Å²) in [5, 5.41) is 0. The molecule has 0 aliphatic carbocycles. The summed E-state index contributed by atoms with van der Waals surface area (Å²) in [6.45, 7) is 2.48. The maximum atomic E-state index is 5.95. The molecule has 1 heterocycles. The summed E-state index contributed by atoms with van der Waals surface area (Å²) in [7, 11) is 0. The van der Waals surface area contributed by atoms with Crippen molar-refractivity contribution in [2.45, 2.75) is 6.92 Å². The summed E-state index contributed by atoms with van der Waals surface area (Å²) in [6.07, 6.45) is 3.32. The van der Waals surface area contributed by atoms with E-state index in [1.54, 1.807) is 24.5 Å². The molecule has 2 rings (SSSR count). The number of anilines is 1. The summed E-state index contributed by atoms with van der Waals surface area (Å²) < 4.78 is 11.0. The number of hydrogen-bond acceptors (Lipinski definition) is 4. The first-order valence-electron chi connectivity index (χ1n) is 5.40. The van der Waals surface area contributed by atoms with E-state index in [4.69, 9.17) is 15.2 Å². The van der Waals surface area contributed by atoms with E-state index in [1.807, 2.05) is 25.1 Å². The van der Waals surface area contributed by atoms with E-state index in [0.29, 0.717) is 29.5 Å². The lowest BCUT2D eigenvalue weighted by molar-refractivity contribution is 0.340. The van der Waals surface area contributed by atoms with Crippen LogP contribution in [0.5, 0.6) is 17.2 Å². The molecule has 2 aromatic rings. The van der Waals surface area contributed by atoms with Gasteiger partial charge in [0, 0.05) is 6.20 Å². The Kier molecular flexibility index (Phi) is 3.45. The lowest BCUT2D eigenvalue weighted by Gasteiger charge is -2.11. The van der Waals surface area contributed by atoms with Gasteiger partial charge >= 0.3 is 0 Å². The molecule has 1 aromatic carbocycles. The number of aromatic nitrogens is 1. The highest BCUT2D eigenvalue weighted by Crippen LogP contribution is 2.34. The molecule has 4 heteroatoms. The van der Waals surface area contributed by atoms with Crippen LogP contribution in [-0.2, 0) is 0 Å². The van der Waals surface area contributed by atoms with Gasteiger partial charge in [0.2, 0.25) is 0 Å². The van der Waals surface area contributed by atoms with Gasteiger partial charge in [0.05, 0.1) is 12.8 Å². The number of pyridine rings is 1. The molecule has 0 saturated heterocycles. The molecule has 0 unspecified atom stereocenters. The minimum absolute atomic E-state index is 0.498. The quantitative estimate of drug-likeness (QED) is 0.820. The highest BCUT2D eigenvalue weighted by Gasteiger charge is 2.07. The zero-order chi connectivity index (χ0) is 12.1. The van der Waals surface area contributed by atoms with Gasteiger partial charge in [0.1, 0.15) is 17.2 Å². The fourth-order valence-corrected chi connectivity index (χ4v) is 1.43. The van der Waals surface area contributed by atoms with Gasteiger partial charge < -0.3 is 15.2 Å². The molecule has 1 aromatic heterocycles. The van der Waals surface area contributed by atoms with Crippen molar-refractivity contribution >= 4 is 5.69 Å². The molecule has 0 fully saturated rings. The van der Waals surface area contributed by atoms with Gasteiger partial charge in [-0.15, -0.1) is 0 Å². The lowest BCUT2D eigenvalue weighted by Crippen LogP contribution is -1.99. The van der Waals surface area contributed by atoms with Gasteiger partial charge in [-0.1, -0.05) is 6.07 Å². The zero-order valence-corrected chi connectivity index (χ0v) is 9.59. The molecule has 0 atom stereocenters. The summed E-state index contributed by atoms with van der Waals surface area (Å²) >= 11 is 0. The largest absolute Gasteiger partial charge is 0.492 e. The van der Waals surface area contributed by atoms with Gasteiger partial charge in [-0.3, -0.25) is 4.98 Å². The molecule has 0 amide bonds. The third-order valence-corrected chi connectivity index (χ3v) is 2.19. The molecule has 0 spiro atoms. The van der Waals surface area contributed by atoms with E-state index in [9.17, 15) is 0 Å². The summed E-state index contributed by atoms with van der Waals surface area (Å²) in [4.78, 5) is 3.97. The average molecular weight is 230 g/mol. The Morgan fingerprint density at radius 1 is 1.18 bits per heavy atom. The van der Waals surface area contributed by atoms with Crippen molar-refractivity contribution in [3.05, 3.63) is 42.7 Å². The molecular formula is C13H14N2O2. The maximum absolute atomic E-state index is 5.95. The molecular weight excluding hydrogens is 216 g/mol. The zero-order valence-electron chi connectivity index (χ0n) is 9.59. The second-order valence-corrected chi connectivity index (χ2v) is 3.39. The number of ether oxygens (including phenoxy) is 2. The summed E-state index contributed by atoms with van der Waals surface area (Å²) in [5.41, 5.74) is 6.45. The molecule has 88 valence electrons. The maximum Gasteiger partial charge on any atom is 0.154 e. The third kappa shape index (κ3) is 2.66. The minimum Gasteiger partial charge on any atom is -0.492 e. The number of benzene rings is 1. The topological polar surface area (TPSA) is 57.4 Å². The number of rotatable bonds is 4. The molecule has 0 aliphatic heterocycles. The van der Waals surface area contributed by atoms with Crippen molar-refractivity contribution in [1.82, 2.24) is 4.98 Å². The van der Waals surface area contributed by atoms with Gasteiger partial charge in [0.25, 0.3) is 0 Å². The average Bonchev–Trinajstić information content (AvgIpc) is 2.36. The monoisotopic (exact) mass is 230 g/mol. The van der Waals surface area contributed by atoms with Crippen LogP contribution in [0.1, 0.15) is 6.92 Å². The van der Waals surface area contributed by atoms with Crippen LogP contribution < -0.4 is 15.2 Å². The van der Waals surface area contributed by atoms with Crippen molar-refractivity contribution < 1.29 is 9.47 Å². The van der Waals surface area contributed by atoms with E-state index in [-0.39, 0.29) is 0 Å². The second kappa shape index (κ2) is 5.21. The van der Waals surface area contributed by atoms with Crippen molar-refractivity contribution in [2.24, 2.45) is 0 Å². The van der Waals surface area contributed by atoms with Crippen LogP contribution in [-0.4, -0.2) is 11.6 Å². The van der Waals surface area contributed by atoms with Crippen LogP contribution in [0.3, 0.4) is 0 Å². The number of hydrogen-bond donors (Lipinski definition) is 1. The fraction of sp³-hybridized carbons (Fsp3) is 0.154.